The maximum absolute atomic E-state index is 13.7. The number of likely N-dealkylation sites (tertiary alicyclic amines) is 1. The van der Waals surface area contributed by atoms with Crippen LogP contribution in [0.1, 0.15) is 24.0 Å². The topological polar surface area (TPSA) is 63.1 Å². The van der Waals surface area contributed by atoms with Crippen molar-refractivity contribution in [2.75, 3.05) is 13.1 Å². The van der Waals surface area contributed by atoms with Crippen molar-refractivity contribution in [1.29, 1.82) is 0 Å². The number of aryl methyl sites for hydroxylation is 1. The zero-order chi connectivity index (χ0) is 20.9. The van der Waals surface area contributed by atoms with E-state index in [4.69, 9.17) is 0 Å². The molecule has 3 heterocycles. The third-order valence-corrected chi connectivity index (χ3v) is 5.67. The van der Waals surface area contributed by atoms with Gasteiger partial charge >= 0.3 is 0 Å². The Labute approximate surface area is 175 Å². The van der Waals surface area contributed by atoms with Crippen LogP contribution in [0.4, 0.5) is 4.39 Å². The van der Waals surface area contributed by atoms with Gasteiger partial charge in [-0.15, -0.1) is 0 Å². The maximum atomic E-state index is 13.7. The average Bonchev–Trinajstić information content (AvgIpc) is 3.23. The number of piperidine rings is 1. The summed E-state index contributed by atoms with van der Waals surface area (Å²) in [6.45, 7) is 4.45. The van der Waals surface area contributed by atoms with Crippen LogP contribution in [0.2, 0.25) is 0 Å². The van der Waals surface area contributed by atoms with Crippen LogP contribution in [0.15, 0.2) is 55.0 Å². The molecule has 0 saturated carbocycles. The lowest BCUT2D eigenvalue weighted by Gasteiger charge is -2.31. The molecule has 1 aliphatic heterocycles. The van der Waals surface area contributed by atoms with Crippen molar-refractivity contribution >= 4 is 5.91 Å². The Morgan fingerprint density at radius 3 is 2.77 bits per heavy atom. The molecule has 7 heteroatoms. The summed E-state index contributed by atoms with van der Waals surface area (Å²) < 4.78 is 15.6. The summed E-state index contributed by atoms with van der Waals surface area (Å²) in [6, 6.07) is 11.0. The molecular formula is C23H26FN5O. The Bertz CT molecular complexity index is 996. The van der Waals surface area contributed by atoms with E-state index in [1.807, 2.05) is 35.1 Å². The number of nitrogens with one attached hydrogen (secondary N) is 1. The number of pyridine rings is 1. The number of rotatable bonds is 6. The monoisotopic (exact) mass is 407 g/mol. The molecule has 0 radical (unpaired) electrons. The van der Waals surface area contributed by atoms with Crippen LogP contribution >= 0.6 is 0 Å². The number of aromatic nitrogens is 3. The van der Waals surface area contributed by atoms with Crippen molar-refractivity contribution < 1.29 is 9.18 Å². The van der Waals surface area contributed by atoms with Crippen molar-refractivity contribution in [3.8, 4) is 11.3 Å². The minimum Gasteiger partial charge on any atom is -0.352 e. The van der Waals surface area contributed by atoms with E-state index in [1.54, 1.807) is 25.4 Å². The Balaban J connectivity index is 1.27. The van der Waals surface area contributed by atoms with Crippen molar-refractivity contribution in [2.45, 2.75) is 33.0 Å². The zero-order valence-electron chi connectivity index (χ0n) is 17.1. The van der Waals surface area contributed by atoms with E-state index in [2.05, 4.69) is 20.3 Å². The van der Waals surface area contributed by atoms with E-state index in [0.717, 1.165) is 42.8 Å². The molecule has 30 heavy (non-hydrogen) atoms. The lowest BCUT2D eigenvalue weighted by molar-refractivity contribution is -0.126. The molecule has 6 nitrogen and oxygen atoms in total. The second kappa shape index (κ2) is 9.17. The predicted molar refractivity (Wildman–Crippen MR) is 113 cm³/mol. The van der Waals surface area contributed by atoms with Crippen molar-refractivity contribution in [3.63, 3.8) is 0 Å². The highest BCUT2D eigenvalue weighted by Gasteiger charge is 2.25. The summed E-state index contributed by atoms with van der Waals surface area (Å²) in [5.41, 5.74) is 3.47. The minimum absolute atomic E-state index is 0.00744. The maximum Gasteiger partial charge on any atom is 0.223 e. The standard InChI is InChI=1S/C23H26FN5O/c1-17-4-5-18(13-21(17)24)14-26-23(30)19-7-11-28(12-8-19)16-29-22(6-10-27-29)20-3-2-9-25-15-20/h2-6,9-10,13,15,19H,7-8,11-12,14,16H2,1H3,(H,26,30). The molecule has 4 rings (SSSR count). The second-order valence-electron chi connectivity index (χ2n) is 7.79. The first-order valence-corrected chi connectivity index (χ1v) is 10.3. The molecule has 1 amide bonds. The molecule has 1 aliphatic rings. The minimum atomic E-state index is -0.237. The Kier molecular flexibility index (Phi) is 6.18. The molecule has 156 valence electrons. The fraction of sp³-hybridized carbons (Fsp3) is 0.348. The second-order valence-corrected chi connectivity index (χ2v) is 7.79. The van der Waals surface area contributed by atoms with E-state index in [1.165, 1.54) is 6.07 Å². The van der Waals surface area contributed by atoms with E-state index < -0.39 is 0 Å². The average molecular weight is 407 g/mol. The molecular weight excluding hydrogens is 381 g/mol. The van der Waals surface area contributed by atoms with E-state index in [-0.39, 0.29) is 17.6 Å². The molecule has 1 aromatic carbocycles. The summed E-state index contributed by atoms with van der Waals surface area (Å²) in [5.74, 6) is -0.197. The van der Waals surface area contributed by atoms with Gasteiger partial charge in [0.1, 0.15) is 5.82 Å². The molecule has 1 N–H and O–H groups in total. The molecule has 0 aliphatic carbocycles. The third-order valence-electron chi connectivity index (χ3n) is 5.67. The largest absolute Gasteiger partial charge is 0.352 e. The smallest absolute Gasteiger partial charge is 0.223 e. The molecule has 0 bridgehead atoms. The van der Waals surface area contributed by atoms with Crippen LogP contribution in [0.25, 0.3) is 11.3 Å². The lowest BCUT2D eigenvalue weighted by Crippen LogP contribution is -2.41. The highest BCUT2D eigenvalue weighted by atomic mass is 19.1. The number of hydrogen-bond acceptors (Lipinski definition) is 4. The number of carbonyl (C=O) groups excluding carboxylic acids is 1. The summed E-state index contributed by atoms with van der Waals surface area (Å²) in [7, 11) is 0. The van der Waals surface area contributed by atoms with Crippen molar-refractivity contribution in [2.24, 2.45) is 5.92 Å². The molecule has 2 aromatic heterocycles. The molecule has 0 spiro atoms. The molecule has 1 fully saturated rings. The van der Waals surface area contributed by atoms with E-state index in [9.17, 15) is 9.18 Å². The van der Waals surface area contributed by atoms with Gasteiger partial charge in [-0.05, 0) is 55.2 Å². The van der Waals surface area contributed by atoms with Gasteiger partial charge in [0.2, 0.25) is 5.91 Å². The van der Waals surface area contributed by atoms with Crippen LogP contribution in [-0.2, 0) is 18.0 Å². The zero-order valence-corrected chi connectivity index (χ0v) is 17.1. The first kappa shape index (κ1) is 20.2. The molecule has 1 saturated heterocycles. The Hall–Kier alpha value is -3.06. The summed E-state index contributed by atoms with van der Waals surface area (Å²) in [5, 5.41) is 7.41. The van der Waals surface area contributed by atoms with E-state index >= 15 is 0 Å². The van der Waals surface area contributed by atoms with Crippen LogP contribution < -0.4 is 5.32 Å². The highest BCUT2D eigenvalue weighted by Crippen LogP contribution is 2.21. The van der Waals surface area contributed by atoms with Gasteiger partial charge in [-0.25, -0.2) is 4.39 Å². The molecule has 0 atom stereocenters. The van der Waals surface area contributed by atoms with Gasteiger partial charge in [0.05, 0.1) is 12.4 Å². The first-order chi connectivity index (χ1) is 14.6. The number of amides is 1. The van der Waals surface area contributed by atoms with Crippen molar-refractivity contribution in [3.05, 3.63) is 71.9 Å². The summed E-state index contributed by atoms with van der Waals surface area (Å²) >= 11 is 0. The lowest BCUT2D eigenvalue weighted by atomic mass is 9.96. The summed E-state index contributed by atoms with van der Waals surface area (Å²) in [6.07, 6.45) is 7.00. The summed E-state index contributed by atoms with van der Waals surface area (Å²) in [4.78, 5) is 19.0. The van der Waals surface area contributed by atoms with Gasteiger partial charge in [-0.2, -0.15) is 5.10 Å². The Morgan fingerprint density at radius 2 is 2.03 bits per heavy atom. The number of carbonyl (C=O) groups is 1. The fourth-order valence-electron chi connectivity index (χ4n) is 3.81. The van der Waals surface area contributed by atoms with Gasteiger partial charge in [0.25, 0.3) is 0 Å². The van der Waals surface area contributed by atoms with E-state index in [0.29, 0.717) is 18.8 Å². The molecule has 0 unspecified atom stereocenters. The van der Waals surface area contributed by atoms with Crippen LogP contribution in [0.3, 0.4) is 0 Å². The van der Waals surface area contributed by atoms with Crippen molar-refractivity contribution in [1.82, 2.24) is 25.0 Å². The third kappa shape index (κ3) is 4.74. The highest BCUT2D eigenvalue weighted by molar-refractivity contribution is 5.78. The SMILES string of the molecule is Cc1ccc(CNC(=O)C2CCN(Cn3nccc3-c3cccnc3)CC2)cc1F. The van der Waals surface area contributed by atoms with Gasteiger partial charge in [-0.1, -0.05) is 12.1 Å². The van der Waals surface area contributed by atoms with Crippen LogP contribution in [0, 0.1) is 18.7 Å². The number of benzene rings is 1. The quantitative estimate of drug-likeness (QED) is 0.681. The van der Waals surface area contributed by atoms with Crippen LogP contribution in [0.5, 0.6) is 0 Å². The number of hydrogen-bond donors (Lipinski definition) is 1. The van der Waals surface area contributed by atoms with Gasteiger partial charge in [0, 0.05) is 49.7 Å². The number of nitrogens with zero attached hydrogens (tertiary/aromatic N) is 4. The van der Waals surface area contributed by atoms with Gasteiger partial charge in [0.15, 0.2) is 0 Å². The van der Waals surface area contributed by atoms with Gasteiger partial charge in [-0.3, -0.25) is 19.4 Å². The normalized spacial score (nSPS) is 15.3. The number of halogens is 1. The van der Waals surface area contributed by atoms with Gasteiger partial charge < -0.3 is 5.32 Å². The predicted octanol–water partition coefficient (Wildman–Crippen LogP) is 3.38. The Morgan fingerprint density at radius 1 is 1.20 bits per heavy atom. The molecule has 3 aromatic rings. The van der Waals surface area contributed by atoms with Crippen LogP contribution in [-0.4, -0.2) is 38.7 Å². The first-order valence-electron chi connectivity index (χ1n) is 10.3. The fourth-order valence-corrected chi connectivity index (χ4v) is 3.81.